The lowest BCUT2D eigenvalue weighted by atomic mass is 10.1. The average molecular weight is 286 g/mol. The lowest BCUT2D eigenvalue weighted by Crippen LogP contribution is -2.15. The SMILES string of the molecule is CCOC(c1ccccc1)c1nc(C)c(C(=O)O)c(C)n1. The fraction of sp³-hybridized carbons (Fsp3) is 0.312. The molecule has 2 aromatic rings. The predicted octanol–water partition coefficient (Wildman–Crippen LogP) is 2.92. The van der Waals surface area contributed by atoms with E-state index in [1.54, 1.807) is 13.8 Å². The Morgan fingerprint density at radius 1 is 1.19 bits per heavy atom. The van der Waals surface area contributed by atoms with Crippen molar-refractivity contribution < 1.29 is 14.6 Å². The molecule has 110 valence electrons. The van der Waals surface area contributed by atoms with Crippen LogP contribution >= 0.6 is 0 Å². The summed E-state index contributed by atoms with van der Waals surface area (Å²) >= 11 is 0. The van der Waals surface area contributed by atoms with E-state index < -0.39 is 12.1 Å². The van der Waals surface area contributed by atoms with E-state index in [1.807, 2.05) is 37.3 Å². The fourth-order valence-electron chi connectivity index (χ4n) is 2.28. The van der Waals surface area contributed by atoms with Crippen molar-refractivity contribution in [2.24, 2.45) is 0 Å². The number of ether oxygens (including phenoxy) is 1. The molecule has 1 unspecified atom stereocenters. The van der Waals surface area contributed by atoms with Crippen LogP contribution in [0.5, 0.6) is 0 Å². The van der Waals surface area contributed by atoms with E-state index >= 15 is 0 Å². The highest BCUT2D eigenvalue weighted by Gasteiger charge is 2.21. The first-order valence-corrected chi connectivity index (χ1v) is 6.79. The molecule has 0 saturated carbocycles. The molecule has 0 amide bonds. The minimum absolute atomic E-state index is 0.155. The number of carboxylic acids is 1. The molecule has 0 aliphatic rings. The monoisotopic (exact) mass is 286 g/mol. The number of hydrogen-bond donors (Lipinski definition) is 1. The predicted molar refractivity (Wildman–Crippen MR) is 78.4 cm³/mol. The van der Waals surface area contributed by atoms with Gasteiger partial charge in [-0.2, -0.15) is 0 Å². The summed E-state index contributed by atoms with van der Waals surface area (Å²) in [5.41, 5.74) is 2.00. The van der Waals surface area contributed by atoms with Gasteiger partial charge in [0.1, 0.15) is 11.7 Å². The minimum Gasteiger partial charge on any atom is -0.478 e. The van der Waals surface area contributed by atoms with Crippen LogP contribution in [0.15, 0.2) is 30.3 Å². The molecule has 0 spiro atoms. The molecule has 0 saturated heterocycles. The van der Waals surface area contributed by atoms with Gasteiger partial charge in [0, 0.05) is 6.61 Å². The van der Waals surface area contributed by atoms with E-state index in [1.165, 1.54) is 0 Å². The Balaban J connectivity index is 2.49. The standard InChI is InChI=1S/C16H18N2O3/c1-4-21-14(12-8-6-5-7-9-12)15-17-10(2)13(16(19)20)11(3)18-15/h5-9,14H,4H2,1-3H3,(H,19,20). The third-order valence-corrected chi connectivity index (χ3v) is 3.17. The molecule has 5 nitrogen and oxygen atoms in total. The van der Waals surface area contributed by atoms with Crippen molar-refractivity contribution in [3.8, 4) is 0 Å². The summed E-state index contributed by atoms with van der Waals surface area (Å²) in [7, 11) is 0. The molecule has 0 aliphatic heterocycles. The van der Waals surface area contributed by atoms with E-state index in [4.69, 9.17) is 4.74 Å². The number of carbonyl (C=O) groups is 1. The van der Waals surface area contributed by atoms with Crippen LogP contribution in [0.1, 0.15) is 46.2 Å². The largest absolute Gasteiger partial charge is 0.478 e. The van der Waals surface area contributed by atoms with Crippen molar-refractivity contribution in [2.75, 3.05) is 6.61 Å². The Bertz CT molecular complexity index is 618. The van der Waals surface area contributed by atoms with Crippen molar-refractivity contribution in [1.29, 1.82) is 0 Å². The number of aryl methyl sites for hydroxylation is 2. The van der Waals surface area contributed by atoms with Crippen molar-refractivity contribution in [3.05, 3.63) is 58.7 Å². The molecule has 1 N–H and O–H groups in total. The summed E-state index contributed by atoms with van der Waals surface area (Å²) in [6, 6.07) is 9.66. The molecule has 0 aliphatic carbocycles. The highest BCUT2D eigenvalue weighted by atomic mass is 16.5. The molecule has 0 radical (unpaired) electrons. The van der Waals surface area contributed by atoms with Gasteiger partial charge in [-0.15, -0.1) is 0 Å². The summed E-state index contributed by atoms with van der Waals surface area (Å²) in [4.78, 5) is 19.9. The summed E-state index contributed by atoms with van der Waals surface area (Å²) < 4.78 is 5.75. The van der Waals surface area contributed by atoms with Crippen LogP contribution in [0.3, 0.4) is 0 Å². The van der Waals surface area contributed by atoms with Gasteiger partial charge in [-0.25, -0.2) is 14.8 Å². The number of carboxylic acid groups (broad SMARTS) is 1. The maximum Gasteiger partial charge on any atom is 0.339 e. The van der Waals surface area contributed by atoms with Crippen molar-refractivity contribution >= 4 is 5.97 Å². The van der Waals surface area contributed by atoms with Gasteiger partial charge in [-0.05, 0) is 26.3 Å². The van der Waals surface area contributed by atoms with Gasteiger partial charge < -0.3 is 9.84 Å². The van der Waals surface area contributed by atoms with Crippen LogP contribution in [0, 0.1) is 13.8 Å². The number of benzene rings is 1. The van der Waals surface area contributed by atoms with E-state index in [0.717, 1.165) is 5.56 Å². The van der Waals surface area contributed by atoms with Crippen LogP contribution in [0.25, 0.3) is 0 Å². The average Bonchev–Trinajstić information content (AvgIpc) is 2.44. The molecule has 1 heterocycles. The first-order valence-electron chi connectivity index (χ1n) is 6.79. The first-order chi connectivity index (χ1) is 10.0. The van der Waals surface area contributed by atoms with Crippen LogP contribution in [0.2, 0.25) is 0 Å². The molecule has 2 rings (SSSR count). The minimum atomic E-state index is -1.01. The van der Waals surface area contributed by atoms with Crippen LogP contribution < -0.4 is 0 Å². The number of hydrogen-bond acceptors (Lipinski definition) is 4. The molecule has 5 heteroatoms. The molecule has 1 atom stereocenters. The third kappa shape index (κ3) is 3.25. The number of aromatic carboxylic acids is 1. The molecular formula is C16H18N2O3. The van der Waals surface area contributed by atoms with Crippen LogP contribution in [-0.4, -0.2) is 27.7 Å². The first kappa shape index (κ1) is 15.1. The molecule has 1 aromatic heterocycles. The van der Waals surface area contributed by atoms with Gasteiger partial charge in [-0.3, -0.25) is 0 Å². The summed E-state index contributed by atoms with van der Waals surface area (Å²) in [5, 5.41) is 9.19. The zero-order valence-electron chi connectivity index (χ0n) is 12.3. The maximum absolute atomic E-state index is 11.2. The fourth-order valence-corrected chi connectivity index (χ4v) is 2.28. The summed E-state index contributed by atoms with van der Waals surface area (Å²) in [6.07, 6.45) is -0.392. The van der Waals surface area contributed by atoms with Crippen LogP contribution in [-0.2, 0) is 4.74 Å². The quantitative estimate of drug-likeness (QED) is 0.915. The maximum atomic E-state index is 11.2. The van der Waals surface area contributed by atoms with Gasteiger partial charge in [0.05, 0.1) is 11.4 Å². The molecule has 0 fully saturated rings. The van der Waals surface area contributed by atoms with Gasteiger partial charge in [0.15, 0.2) is 5.82 Å². The Hall–Kier alpha value is -2.27. The Morgan fingerprint density at radius 2 is 1.76 bits per heavy atom. The van der Waals surface area contributed by atoms with Gasteiger partial charge in [-0.1, -0.05) is 30.3 Å². The van der Waals surface area contributed by atoms with Gasteiger partial charge in [0.2, 0.25) is 0 Å². The zero-order chi connectivity index (χ0) is 15.4. The molecule has 21 heavy (non-hydrogen) atoms. The molecular weight excluding hydrogens is 268 g/mol. The van der Waals surface area contributed by atoms with Crippen molar-refractivity contribution in [2.45, 2.75) is 26.9 Å². The summed E-state index contributed by atoms with van der Waals surface area (Å²) in [5.74, 6) is -0.521. The third-order valence-electron chi connectivity index (χ3n) is 3.17. The molecule has 0 bridgehead atoms. The number of rotatable bonds is 5. The lowest BCUT2D eigenvalue weighted by molar-refractivity contribution is 0.0690. The Morgan fingerprint density at radius 3 is 2.24 bits per heavy atom. The van der Waals surface area contributed by atoms with Crippen molar-refractivity contribution in [3.63, 3.8) is 0 Å². The van der Waals surface area contributed by atoms with Gasteiger partial charge in [0.25, 0.3) is 0 Å². The second-order valence-electron chi connectivity index (χ2n) is 4.68. The van der Waals surface area contributed by atoms with Gasteiger partial charge >= 0.3 is 5.97 Å². The van der Waals surface area contributed by atoms with E-state index in [-0.39, 0.29) is 5.56 Å². The van der Waals surface area contributed by atoms with Crippen molar-refractivity contribution in [1.82, 2.24) is 9.97 Å². The second-order valence-corrected chi connectivity index (χ2v) is 4.68. The zero-order valence-corrected chi connectivity index (χ0v) is 12.3. The Kier molecular flexibility index (Phi) is 4.65. The lowest BCUT2D eigenvalue weighted by Gasteiger charge is -2.18. The highest BCUT2D eigenvalue weighted by molar-refractivity contribution is 5.89. The van der Waals surface area contributed by atoms with E-state index in [0.29, 0.717) is 23.8 Å². The number of aromatic nitrogens is 2. The molecule has 1 aromatic carbocycles. The highest BCUT2D eigenvalue weighted by Crippen LogP contribution is 2.24. The van der Waals surface area contributed by atoms with Crippen LogP contribution in [0.4, 0.5) is 0 Å². The Labute approximate surface area is 123 Å². The topological polar surface area (TPSA) is 72.3 Å². The number of nitrogens with zero attached hydrogens (tertiary/aromatic N) is 2. The van der Waals surface area contributed by atoms with E-state index in [2.05, 4.69) is 9.97 Å². The van der Waals surface area contributed by atoms with E-state index in [9.17, 15) is 9.90 Å². The second kappa shape index (κ2) is 6.45. The summed E-state index contributed by atoms with van der Waals surface area (Å²) in [6.45, 7) is 5.77. The smallest absolute Gasteiger partial charge is 0.339 e. The normalized spacial score (nSPS) is 12.1.